The van der Waals surface area contributed by atoms with Gasteiger partial charge in [0, 0.05) is 31.2 Å². The lowest BCUT2D eigenvalue weighted by Crippen LogP contribution is -2.27. The van der Waals surface area contributed by atoms with E-state index in [9.17, 15) is 4.79 Å². The van der Waals surface area contributed by atoms with Crippen LogP contribution in [0.4, 0.5) is 11.4 Å². The van der Waals surface area contributed by atoms with Crippen molar-refractivity contribution in [3.05, 3.63) is 53.9 Å². The maximum absolute atomic E-state index is 12.0. The molecule has 2 rings (SSSR count). The van der Waals surface area contributed by atoms with Crippen LogP contribution in [-0.2, 0) is 4.74 Å². The monoisotopic (exact) mass is 313 g/mol. The van der Waals surface area contributed by atoms with Gasteiger partial charge in [0.1, 0.15) is 5.69 Å². The van der Waals surface area contributed by atoms with Gasteiger partial charge in [-0.25, -0.2) is 0 Å². The zero-order valence-corrected chi connectivity index (χ0v) is 13.8. The Hall–Kier alpha value is -2.40. The molecule has 2 N–H and O–H groups in total. The van der Waals surface area contributed by atoms with E-state index in [2.05, 4.69) is 41.6 Å². The Morgan fingerprint density at radius 3 is 2.57 bits per heavy atom. The van der Waals surface area contributed by atoms with Crippen molar-refractivity contribution >= 4 is 17.3 Å². The number of anilines is 2. The summed E-state index contributed by atoms with van der Waals surface area (Å²) in [5.41, 5.74) is 3.48. The van der Waals surface area contributed by atoms with Crippen LogP contribution in [0.3, 0.4) is 0 Å². The van der Waals surface area contributed by atoms with Gasteiger partial charge >= 0.3 is 0 Å². The molecular formula is C18H23N3O2. The molecule has 0 bridgehead atoms. The highest BCUT2D eigenvalue weighted by Gasteiger charge is 2.07. The maximum atomic E-state index is 12.0. The molecule has 0 aliphatic rings. The molecule has 5 nitrogen and oxygen atoms in total. The zero-order valence-electron chi connectivity index (χ0n) is 13.8. The molecule has 0 spiro atoms. The van der Waals surface area contributed by atoms with Crippen molar-refractivity contribution in [3.63, 3.8) is 0 Å². The van der Waals surface area contributed by atoms with Crippen LogP contribution in [0.25, 0.3) is 0 Å². The highest BCUT2D eigenvalue weighted by molar-refractivity contribution is 5.93. The first-order valence-electron chi connectivity index (χ1n) is 7.70. The molecule has 1 aromatic carbocycles. The summed E-state index contributed by atoms with van der Waals surface area (Å²) in [7, 11) is 1.60. The zero-order chi connectivity index (χ0) is 16.7. The number of hydrogen-bond acceptors (Lipinski definition) is 4. The van der Waals surface area contributed by atoms with Gasteiger partial charge in [-0.3, -0.25) is 9.78 Å². The van der Waals surface area contributed by atoms with Gasteiger partial charge in [-0.15, -0.1) is 0 Å². The van der Waals surface area contributed by atoms with Crippen LogP contribution in [0.2, 0.25) is 0 Å². The van der Waals surface area contributed by atoms with E-state index in [4.69, 9.17) is 4.74 Å². The number of rotatable bonds is 7. The molecule has 2 aromatic rings. The second-order valence-electron chi connectivity index (χ2n) is 5.58. The van der Waals surface area contributed by atoms with E-state index in [1.807, 2.05) is 18.2 Å². The van der Waals surface area contributed by atoms with Crippen LogP contribution in [0.15, 0.2) is 42.6 Å². The summed E-state index contributed by atoms with van der Waals surface area (Å²) < 4.78 is 4.91. The Morgan fingerprint density at radius 2 is 1.91 bits per heavy atom. The van der Waals surface area contributed by atoms with Crippen molar-refractivity contribution in [2.24, 2.45) is 0 Å². The average Bonchev–Trinajstić information content (AvgIpc) is 2.56. The molecule has 23 heavy (non-hydrogen) atoms. The molecule has 1 amide bonds. The summed E-state index contributed by atoms with van der Waals surface area (Å²) in [5.74, 6) is 0.299. The summed E-state index contributed by atoms with van der Waals surface area (Å²) in [4.78, 5) is 16.1. The summed E-state index contributed by atoms with van der Waals surface area (Å²) in [6.07, 6.45) is 1.62. The quantitative estimate of drug-likeness (QED) is 0.770. The van der Waals surface area contributed by atoms with Gasteiger partial charge in [-0.1, -0.05) is 26.0 Å². The number of pyridine rings is 1. The number of carbonyl (C=O) groups is 1. The third-order valence-electron chi connectivity index (χ3n) is 3.45. The van der Waals surface area contributed by atoms with Crippen LogP contribution >= 0.6 is 0 Å². The van der Waals surface area contributed by atoms with Crippen molar-refractivity contribution in [2.75, 3.05) is 25.6 Å². The van der Waals surface area contributed by atoms with Gasteiger partial charge in [-0.2, -0.15) is 0 Å². The van der Waals surface area contributed by atoms with Crippen LogP contribution in [0.1, 0.15) is 35.8 Å². The number of nitrogens with one attached hydrogen (secondary N) is 2. The predicted octanol–water partition coefficient (Wildman–Crippen LogP) is 3.32. The lowest BCUT2D eigenvalue weighted by molar-refractivity contribution is 0.0932. The van der Waals surface area contributed by atoms with Crippen LogP contribution in [0, 0.1) is 0 Å². The molecule has 0 radical (unpaired) electrons. The number of methoxy groups -OCH3 is 1. The van der Waals surface area contributed by atoms with E-state index in [0.717, 1.165) is 11.4 Å². The highest BCUT2D eigenvalue weighted by atomic mass is 16.5. The molecule has 1 heterocycles. The molecule has 0 saturated heterocycles. The average molecular weight is 313 g/mol. The first kappa shape index (κ1) is 17.0. The van der Waals surface area contributed by atoms with E-state index < -0.39 is 0 Å². The third kappa shape index (κ3) is 5.07. The van der Waals surface area contributed by atoms with E-state index >= 15 is 0 Å². The van der Waals surface area contributed by atoms with Gasteiger partial charge in [0.2, 0.25) is 0 Å². The summed E-state index contributed by atoms with van der Waals surface area (Å²) in [6, 6.07) is 11.8. The minimum atomic E-state index is -0.208. The topological polar surface area (TPSA) is 63.2 Å². The van der Waals surface area contributed by atoms with Gasteiger partial charge in [0.05, 0.1) is 6.61 Å². The number of aromatic nitrogens is 1. The lowest BCUT2D eigenvalue weighted by atomic mass is 10.0. The maximum Gasteiger partial charge on any atom is 0.270 e. The molecule has 0 aliphatic heterocycles. The molecule has 122 valence electrons. The lowest BCUT2D eigenvalue weighted by Gasteiger charge is -2.10. The predicted molar refractivity (Wildman–Crippen MR) is 92.3 cm³/mol. The number of carbonyl (C=O) groups excluding carboxylic acids is 1. The molecule has 1 aromatic heterocycles. The molecular weight excluding hydrogens is 290 g/mol. The van der Waals surface area contributed by atoms with Crippen molar-refractivity contribution in [1.29, 1.82) is 0 Å². The molecule has 0 atom stereocenters. The SMILES string of the molecule is COCCNC(=O)c1cc(Nc2ccc(C(C)C)cc2)ccn1. The Bertz CT molecular complexity index is 639. The second kappa shape index (κ2) is 8.29. The smallest absolute Gasteiger partial charge is 0.270 e. The Kier molecular flexibility index (Phi) is 6.11. The number of benzene rings is 1. The summed E-state index contributed by atoms with van der Waals surface area (Å²) >= 11 is 0. The standard InChI is InChI=1S/C18H23N3O2/c1-13(2)14-4-6-15(7-5-14)21-16-8-9-19-17(12-16)18(22)20-10-11-23-3/h4-9,12-13H,10-11H2,1-3H3,(H,19,21)(H,20,22). The van der Waals surface area contributed by atoms with Crippen LogP contribution < -0.4 is 10.6 Å². The van der Waals surface area contributed by atoms with E-state index in [-0.39, 0.29) is 5.91 Å². The van der Waals surface area contributed by atoms with Crippen LogP contribution in [-0.4, -0.2) is 31.2 Å². The minimum absolute atomic E-state index is 0.208. The minimum Gasteiger partial charge on any atom is -0.383 e. The number of ether oxygens (including phenoxy) is 1. The molecule has 0 fully saturated rings. The fourth-order valence-electron chi connectivity index (χ4n) is 2.11. The number of nitrogens with zero attached hydrogens (tertiary/aromatic N) is 1. The van der Waals surface area contributed by atoms with Crippen molar-refractivity contribution in [3.8, 4) is 0 Å². The van der Waals surface area contributed by atoms with E-state index in [1.54, 1.807) is 19.4 Å². The molecule has 0 unspecified atom stereocenters. The largest absolute Gasteiger partial charge is 0.383 e. The molecule has 5 heteroatoms. The van der Waals surface area contributed by atoms with Gasteiger partial charge < -0.3 is 15.4 Å². The Morgan fingerprint density at radius 1 is 1.17 bits per heavy atom. The number of hydrogen-bond donors (Lipinski definition) is 2. The summed E-state index contributed by atoms with van der Waals surface area (Å²) in [5, 5.41) is 6.04. The highest BCUT2D eigenvalue weighted by Crippen LogP contribution is 2.20. The second-order valence-corrected chi connectivity index (χ2v) is 5.58. The third-order valence-corrected chi connectivity index (χ3v) is 3.45. The first-order valence-corrected chi connectivity index (χ1v) is 7.70. The van der Waals surface area contributed by atoms with Gasteiger partial charge in [0.15, 0.2) is 0 Å². The first-order chi connectivity index (χ1) is 11.1. The number of amides is 1. The van der Waals surface area contributed by atoms with Crippen molar-refractivity contribution < 1.29 is 9.53 Å². The van der Waals surface area contributed by atoms with Crippen LogP contribution in [0.5, 0.6) is 0 Å². The molecule has 0 aliphatic carbocycles. The Labute approximate surface area is 137 Å². The normalized spacial score (nSPS) is 10.6. The fourth-order valence-corrected chi connectivity index (χ4v) is 2.11. The van der Waals surface area contributed by atoms with E-state index in [1.165, 1.54) is 5.56 Å². The molecule has 0 saturated carbocycles. The van der Waals surface area contributed by atoms with Gasteiger partial charge in [0.25, 0.3) is 5.91 Å². The fraction of sp³-hybridized carbons (Fsp3) is 0.333. The van der Waals surface area contributed by atoms with Crippen molar-refractivity contribution in [1.82, 2.24) is 10.3 Å². The Balaban J connectivity index is 2.03. The summed E-state index contributed by atoms with van der Waals surface area (Å²) in [6.45, 7) is 5.27. The van der Waals surface area contributed by atoms with Crippen molar-refractivity contribution in [2.45, 2.75) is 19.8 Å². The van der Waals surface area contributed by atoms with Gasteiger partial charge in [-0.05, 0) is 35.7 Å². The van der Waals surface area contributed by atoms with E-state index in [0.29, 0.717) is 24.8 Å².